The second-order valence-electron chi connectivity index (χ2n) is 4.32. The van der Waals surface area contributed by atoms with E-state index in [1.165, 1.54) is 6.33 Å². The van der Waals surface area contributed by atoms with Crippen LogP contribution < -0.4 is 5.32 Å². The molecule has 0 radical (unpaired) electrons. The molecule has 1 aliphatic rings. The van der Waals surface area contributed by atoms with Gasteiger partial charge in [-0.05, 0) is 6.07 Å². The van der Waals surface area contributed by atoms with Gasteiger partial charge < -0.3 is 5.32 Å². The standard InChI is InChI=1S/C13H10F3N3/c14-9-4-11(16)10(15)3-7(9)13-8-5-17-2-1-12(8)18-6-19-13/h3-4,6,17H,1-2,5H2. The highest BCUT2D eigenvalue weighted by atomic mass is 19.2. The molecule has 0 saturated heterocycles. The van der Waals surface area contributed by atoms with Gasteiger partial charge in [-0.3, -0.25) is 0 Å². The van der Waals surface area contributed by atoms with Crippen molar-refractivity contribution in [2.45, 2.75) is 13.0 Å². The minimum absolute atomic E-state index is 0.0405. The number of nitrogens with zero attached hydrogens (tertiary/aromatic N) is 2. The van der Waals surface area contributed by atoms with E-state index in [4.69, 9.17) is 0 Å². The topological polar surface area (TPSA) is 37.8 Å². The average molecular weight is 265 g/mol. The minimum atomic E-state index is -1.21. The molecule has 6 heteroatoms. The summed E-state index contributed by atoms with van der Waals surface area (Å²) in [6.07, 6.45) is 2.02. The van der Waals surface area contributed by atoms with Crippen LogP contribution in [0.25, 0.3) is 11.3 Å². The van der Waals surface area contributed by atoms with Crippen molar-refractivity contribution in [3.05, 3.63) is 47.2 Å². The molecule has 1 N–H and O–H groups in total. The number of benzene rings is 1. The van der Waals surface area contributed by atoms with E-state index in [1.807, 2.05) is 0 Å². The molecule has 2 aromatic rings. The maximum absolute atomic E-state index is 13.8. The van der Waals surface area contributed by atoms with Crippen molar-refractivity contribution < 1.29 is 13.2 Å². The Labute approximate surface area is 107 Å². The molecule has 1 aromatic carbocycles. The number of nitrogens with one attached hydrogen (secondary N) is 1. The quantitative estimate of drug-likeness (QED) is 0.803. The third kappa shape index (κ3) is 2.08. The summed E-state index contributed by atoms with van der Waals surface area (Å²) in [5, 5.41) is 3.13. The van der Waals surface area contributed by atoms with Crippen LogP contribution in [-0.4, -0.2) is 16.5 Å². The van der Waals surface area contributed by atoms with Crippen molar-refractivity contribution in [2.24, 2.45) is 0 Å². The van der Waals surface area contributed by atoms with Crippen molar-refractivity contribution in [3.63, 3.8) is 0 Å². The van der Waals surface area contributed by atoms with E-state index in [-0.39, 0.29) is 5.56 Å². The third-order valence-corrected chi connectivity index (χ3v) is 3.14. The Kier molecular flexibility index (Phi) is 2.94. The van der Waals surface area contributed by atoms with Crippen LogP contribution in [0.4, 0.5) is 13.2 Å². The van der Waals surface area contributed by atoms with Gasteiger partial charge in [0.25, 0.3) is 0 Å². The van der Waals surface area contributed by atoms with Crippen LogP contribution in [0.3, 0.4) is 0 Å². The van der Waals surface area contributed by atoms with E-state index in [0.29, 0.717) is 24.7 Å². The summed E-state index contributed by atoms with van der Waals surface area (Å²) in [6.45, 7) is 1.27. The van der Waals surface area contributed by atoms with E-state index >= 15 is 0 Å². The number of hydrogen-bond donors (Lipinski definition) is 1. The highest BCUT2D eigenvalue weighted by Gasteiger charge is 2.20. The van der Waals surface area contributed by atoms with E-state index in [9.17, 15) is 13.2 Å². The molecule has 0 fully saturated rings. The Bertz CT molecular complexity index is 643. The maximum Gasteiger partial charge on any atom is 0.161 e. The van der Waals surface area contributed by atoms with Gasteiger partial charge in [-0.25, -0.2) is 23.1 Å². The lowest BCUT2D eigenvalue weighted by molar-refractivity contribution is 0.496. The highest BCUT2D eigenvalue weighted by Crippen LogP contribution is 2.28. The lowest BCUT2D eigenvalue weighted by Crippen LogP contribution is -2.25. The third-order valence-electron chi connectivity index (χ3n) is 3.14. The number of halogens is 3. The van der Waals surface area contributed by atoms with E-state index in [0.717, 1.165) is 23.9 Å². The summed E-state index contributed by atoms with van der Waals surface area (Å²) in [5.41, 5.74) is 1.82. The molecule has 0 bridgehead atoms. The summed E-state index contributed by atoms with van der Waals surface area (Å²) in [5.74, 6) is -3.12. The molecule has 0 atom stereocenters. The van der Waals surface area contributed by atoms with Gasteiger partial charge in [0.1, 0.15) is 12.1 Å². The van der Waals surface area contributed by atoms with E-state index < -0.39 is 17.5 Å². The van der Waals surface area contributed by atoms with Crippen LogP contribution in [0, 0.1) is 17.5 Å². The second kappa shape index (κ2) is 4.62. The summed E-state index contributed by atoms with van der Waals surface area (Å²) >= 11 is 0. The molecule has 0 saturated carbocycles. The number of aromatic nitrogens is 2. The Hall–Kier alpha value is -1.95. The fraction of sp³-hybridized carbons (Fsp3) is 0.231. The van der Waals surface area contributed by atoms with Crippen LogP contribution in [0.1, 0.15) is 11.3 Å². The fourth-order valence-electron chi connectivity index (χ4n) is 2.21. The molecule has 1 aliphatic heterocycles. The lowest BCUT2D eigenvalue weighted by Gasteiger charge is -2.18. The van der Waals surface area contributed by atoms with Gasteiger partial charge in [0, 0.05) is 36.7 Å². The molecule has 0 aliphatic carbocycles. The maximum atomic E-state index is 13.8. The first-order chi connectivity index (χ1) is 9.16. The molecule has 19 heavy (non-hydrogen) atoms. The van der Waals surface area contributed by atoms with Gasteiger partial charge in [-0.1, -0.05) is 0 Å². The lowest BCUT2D eigenvalue weighted by atomic mass is 10.00. The predicted molar refractivity (Wildman–Crippen MR) is 62.8 cm³/mol. The molecular weight excluding hydrogens is 255 g/mol. The molecule has 0 amide bonds. The van der Waals surface area contributed by atoms with Crippen LogP contribution in [0.15, 0.2) is 18.5 Å². The van der Waals surface area contributed by atoms with Gasteiger partial charge in [-0.15, -0.1) is 0 Å². The molecule has 3 nitrogen and oxygen atoms in total. The highest BCUT2D eigenvalue weighted by molar-refractivity contribution is 5.64. The minimum Gasteiger partial charge on any atom is -0.312 e. The van der Waals surface area contributed by atoms with E-state index in [2.05, 4.69) is 15.3 Å². The molecule has 0 spiro atoms. The largest absolute Gasteiger partial charge is 0.312 e. The SMILES string of the molecule is Fc1cc(F)c(-c2ncnc3c2CNCC3)cc1F. The smallest absolute Gasteiger partial charge is 0.161 e. The molecular formula is C13H10F3N3. The number of hydrogen-bond acceptors (Lipinski definition) is 3. The number of fused-ring (bicyclic) bond motifs is 1. The summed E-state index contributed by atoms with van der Waals surface area (Å²) < 4.78 is 40.0. The molecule has 98 valence electrons. The van der Waals surface area contributed by atoms with Crippen molar-refractivity contribution in [1.82, 2.24) is 15.3 Å². The fourth-order valence-corrected chi connectivity index (χ4v) is 2.21. The normalized spacial score (nSPS) is 14.3. The Morgan fingerprint density at radius 2 is 1.79 bits per heavy atom. The Balaban J connectivity index is 2.20. The Morgan fingerprint density at radius 1 is 1.00 bits per heavy atom. The van der Waals surface area contributed by atoms with Gasteiger partial charge in [0.2, 0.25) is 0 Å². The summed E-state index contributed by atoms with van der Waals surface area (Å²) in [4.78, 5) is 8.15. The second-order valence-corrected chi connectivity index (χ2v) is 4.32. The van der Waals surface area contributed by atoms with Crippen molar-refractivity contribution in [1.29, 1.82) is 0 Å². The van der Waals surface area contributed by atoms with E-state index in [1.54, 1.807) is 0 Å². The predicted octanol–water partition coefficient (Wildman–Crippen LogP) is 2.21. The first kappa shape index (κ1) is 12.1. The van der Waals surface area contributed by atoms with Crippen LogP contribution in [0.5, 0.6) is 0 Å². The van der Waals surface area contributed by atoms with Gasteiger partial charge in [0.05, 0.1) is 11.4 Å². The zero-order valence-electron chi connectivity index (χ0n) is 9.88. The first-order valence-corrected chi connectivity index (χ1v) is 5.85. The van der Waals surface area contributed by atoms with Crippen molar-refractivity contribution in [3.8, 4) is 11.3 Å². The Morgan fingerprint density at radius 3 is 2.63 bits per heavy atom. The summed E-state index contributed by atoms with van der Waals surface area (Å²) in [7, 11) is 0. The van der Waals surface area contributed by atoms with Crippen LogP contribution >= 0.6 is 0 Å². The monoisotopic (exact) mass is 265 g/mol. The van der Waals surface area contributed by atoms with Crippen LogP contribution in [-0.2, 0) is 13.0 Å². The zero-order valence-corrected chi connectivity index (χ0v) is 9.88. The molecule has 2 heterocycles. The molecule has 3 rings (SSSR count). The van der Waals surface area contributed by atoms with Gasteiger partial charge in [-0.2, -0.15) is 0 Å². The van der Waals surface area contributed by atoms with Crippen LogP contribution in [0.2, 0.25) is 0 Å². The van der Waals surface area contributed by atoms with Crippen molar-refractivity contribution >= 4 is 0 Å². The number of rotatable bonds is 1. The van der Waals surface area contributed by atoms with Gasteiger partial charge >= 0.3 is 0 Å². The van der Waals surface area contributed by atoms with Crippen molar-refractivity contribution in [2.75, 3.05) is 6.54 Å². The molecule has 0 unspecified atom stereocenters. The zero-order chi connectivity index (χ0) is 13.4. The first-order valence-electron chi connectivity index (χ1n) is 5.85. The van der Waals surface area contributed by atoms with Gasteiger partial charge in [0.15, 0.2) is 11.6 Å². The molecule has 1 aromatic heterocycles. The summed E-state index contributed by atoms with van der Waals surface area (Å²) in [6, 6.07) is 1.37. The average Bonchev–Trinajstić information content (AvgIpc) is 2.42.